The number of hydrogen-bond donors (Lipinski definition) is 1. The molecule has 1 aromatic heterocycles. The number of likely N-dealkylation sites (N-methyl/N-ethyl adjacent to an activating group) is 1. The number of pyridine rings is 1. The number of amides is 1. The van der Waals surface area contributed by atoms with Gasteiger partial charge in [0.1, 0.15) is 20.3 Å². The average molecular weight is 401 g/mol. The molecule has 0 bridgehead atoms. The third-order valence-electron chi connectivity index (χ3n) is 3.80. The van der Waals surface area contributed by atoms with Crippen molar-refractivity contribution in [3.8, 4) is 11.8 Å². The van der Waals surface area contributed by atoms with Crippen molar-refractivity contribution in [3.05, 3.63) is 53.6 Å². The quantitative estimate of drug-likeness (QED) is 0.334. The number of carbonyl (C=O) groups is 1. The van der Waals surface area contributed by atoms with Crippen LogP contribution in [-0.4, -0.2) is 50.6 Å². The van der Waals surface area contributed by atoms with Crippen LogP contribution in [-0.2, 0) is 21.0 Å². The third-order valence-corrected chi connectivity index (χ3v) is 3.80. The van der Waals surface area contributed by atoms with Gasteiger partial charge in [-0.1, -0.05) is 42.4 Å². The van der Waals surface area contributed by atoms with Crippen molar-refractivity contribution in [3.63, 3.8) is 0 Å². The fourth-order valence-electron chi connectivity index (χ4n) is 2.46. The predicted molar refractivity (Wildman–Crippen MR) is 109 cm³/mol. The predicted octanol–water partition coefficient (Wildman–Crippen LogP) is 2.56. The number of nitrogens with one attached hydrogen (secondary N) is 1. The number of nitrogens with zero attached hydrogens (tertiary/aromatic N) is 2. The highest BCUT2D eigenvalue weighted by Crippen LogP contribution is 2.17. The molecule has 8 heteroatoms. The summed E-state index contributed by atoms with van der Waals surface area (Å²) in [7, 11) is 2.93. The van der Waals surface area contributed by atoms with Gasteiger partial charge in [-0.25, -0.2) is 0 Å². The van der Waals surface area contributed by atoms with E-state index < -0.39 is 0 Å². The van der Waals surface area contributed by atoms with Gasteiger partial charge < -0.3 is 24.4 Å². The SMILES string of the molecule is CCCOCCOc1cccc(OCc2ccccc2C(=NOC)C(=O)NC)n1. The number of benzene rings is 1. The van der Waals surface area contributed by atoms with Crippen LogP contribution in [0.25, 0.3) is 0 Å². The van der Waals surface area contributed by atoms with Crippen LogP contribution in [0.4, 0.5) is 0 Å². The van der Waals surface area contributed by atoms with Crippen LogP contribution >= 0.6 is 0 Å². The van der Waals surface area contributed by atoms with Crippen LogP contribution in [0.1, 0.15) is 24.5 Å². The molecule has 1 heterocycles. The minimum atomic E-state index is -0.349. The van der Waals surface area contributed by atoms with E-state index in [0.717, 1.165) is 12.0 Å². The zero-order valence-electron chi connectivity index (χ0n) is 17.0. The van der Waals surface area contributed by atoms with E-state index in [9.17, 15) is 4.79 Å². The van der Waals surface area contributed by atoms with Crippen LogP contribution in [0.5, 0.6) is 11.8 Å². The minimum Gasteiger partial charge on any atom is -0.475 e. The average Bonchev–Trinajstić information content (AvgIpc) is 2.76. The zero-order valence-corrected chi connectivity index (χ0v) is 17.0. The molecular weight excluding hydrogens is 374 g/mol. The molecule has 8 nitrogen and oxygen atoms in total. The first-order chi connectivity index (χ1) is 14.2. The molecule has 1 aromatic carbocycles. The summed E-state index contributed by atoms with van der Waals surface area (Å²) in [5, 5.41) is 6.41. The molecule has 0 saturated heterocycles. The van der Waals surface area contributed by atoms with E-state index in [2.05, 4.69) is 22.4 Å². The summed E-state index contributed by atoms with van der Waals surface area (Å²) >= 11 is 0. The van der Waals surface area contributed by atoms with Crippen LogP contribution in [0, 0.1) is 0 Å². The van der Waals surface area contributed by atoms with Gasteiger partial charge >= 0.3 is 0 Å². The second-order valence-corrected chi connectivity index (χ2v) is 5.92. The smallest absolute Gasteiger partial charge is 0.273 e. The molecule has 0 spiro atoms. The molecule has 0 unspecified atom stereocenters. The Morgan fingerprint density at radius 3 is 2.52 bits per heavy atom. The molecular formula is C21H27N3O5. The lowest BCUT2D eigenvalue weighted by molar-refractivity contribution is -0.114. The van der Waals surface area contributed by atoms with Gasteiger partial charge in [0.2, 0.25) is 11.8 Å². The molecule has 0 aliphatic carbocycles. The molecule has 2 aromatic rings. The Hall–Kier alpha value is -3.13. The first kappa shape index (κ1) is 22.2. The fraction of sp³-hybridized carbons (Fsp3) is 0.381. The summed E-state index contributed by atoms with van der Waals surface area (Å²) in [5.74, 6) is 0.526. The maximum atomic E-state index is 12.1. The lowest BCUT2D eigenvalue weighted by atomic mass is 10.0. The molecule has 0 fully saturated rings. The van der Waals surface area contributed by atoms with Crippen molar-refractivity contribution in [1.82, 2.24) is 10.3 Å². The maximum absolute atomic E-state index is 12.1. The summed E-state index contributed by atoms with van der Waals surface area (Å²) in [4.78, 5) is 21.3. The zero-order chi connectivity index (χ0) is 20.9. The molecule has 0 atom stereocenters. The number of rotatable bonds is 12. The highest BCUT2D eigenvalue weighted by Gasteiger charge is 2.17. The van der Waals surface area contributed by atoms with Crippen molar-refractivity contribution in [2.24, 2.45) is 5.16 Å². The van der Waals surface area contributed by atoms with Crippen molar-refractivity contribution in [2.75, 3.05) is 34.0 Å². The summed E-state index contributed by atoms with van der Waals surface area (Å²) in [6.07, 6.45) is 0.972. The Bertz CT molecular complexity index is 810. The van der Waals surface area contributed by atoms with E-state index in [0.29, 0.717) is 37.1 Å². The second-order valence-electron chi connectivity index (χ2n) is 5.92. The molecule has 2 rings (SSSR count). The molecule has 0 saturated carbocycles. The summed E-state index contributed by atoms with van der Waals surface area (Å²) in [6.45, 7) is 3.90. The largest absolute Gasteiger partial charge is 0.475 e. The highest BCUT2D eigenvalue weighted by atomic mass is 16.6. The highest BCUT2D eigenvalue weighted by molar-refractivity contribution is 6.45. The van der Waals surface area contributed by atoms with E-state index in [1.165, 1.54) is 14.2 Å². The number of oxime groups is 1. The van der Waals surface area contributed by atoms with Gasteiger partial charge in [0.15, 0.2) is 5.71 Å². The Balaban J connectivity index is 2.04. The first-order valence-corrected chi connectivity index (χ1v) is 9.41. The molecule has 1 N–H and O–H groups in total. The normalized spacial score (nSPS) is 11.1. The minimum absolute atomic E-state index is 0.173. The molecule has 1 amide bonds. The molecule has 156 valence electrons. The second kappa shape index (κ2) is 12.4. The maximum Gasteiger partial charge on any atom is 0.273 e. The number of hydrogen-bond acceptors (Lipinski definition) is 7. The van der Waals surface area contributed by atoms with Gasteiger partial charge in [0.05, 0.1) is 6.61 Å². The summed E-state index contributed by atoms with van der Waals surface area (Å²) in [6, 6.07) is 12.6. The Kier molecular flexibility index (Phi) is 9.44. The van der Waals surface area contributed by atoms with Crippen molar-refractivity contribution < 1.29 is 23.8 Å². The van der Waals surface area contributed by atoms with Crippen molar-refractivity contribution in [1.29, 1.82) is 0 Å². The van der Waals surface area contributed by atoms with Crippen LogP contribution in [0.3, 0.4) is 0 Å². The van der Waals surface area contributed by atoms with E-state index in [-0.39, 0.29) is 18.2 Å². The molecule has 0 aliphatic heterocycles. The number of carbonyl (C=O) groups excluding carboxylic acids is 1. The summed E-state index contributed by atoms with van der Waals surface area (Å²) < 4.78 is 16.8. The van der Waals surface area contributed by atoms with Crippen LogP contribution in [0.15, 0.2) is 47.6 Å². The fourth-order valence-corrected chi connectivity index (χ4v) is 2.46. The van der Waals surface area contributed by atoms with Crippen LogP contribution < -0.4 is 14.8 Å². The van der Waals surface area contributed by atoms with Gasteiger partial charge in [-0.2, -0.15) is 4.98 Å². The standard InChI is InChI=1S/C21H27N3O5/c1-4-12-27-13-14-28-18-10-7-11-19(23-18)29-15-16-8-5-6-9-17(16)20(24-26-3)21(25)22-2/h5-11H,4,12-15H2,1-3H3,(H,22,25). The monoisotopic (exact) mass is 401 g/mol. The van der Waals surface area contributed by atoms with Gasteiger partial charge in [-0.3, -0.25) is 4.79 Å². The van der Waals surface area contributed by atoms with E-state index in [1.807, 2.05) is 18.2 Å². The lowest BCUT2D eigenvalue weighted by Gasteiger charge is -2.12. The lowest BCUT2D eigenvalue weighted by Crippen LogP contribution is -2.29. The summed E-state index contributed by atoms with van der Waals surface area (Å²) in [5.41, 5.74) is 1.56. The number of ether oxygens (including phenoxy) is 3. The number of aromatic nitrogens is 1. The van der Waals surface area contributed by atoms with Gasteiger partial charge in [0, 0.05) is 31.4 Å². The first-order valence-electron chi connectivity index (χ1n) is 9.41. The molecule has 29 heavy (non-hydrogen) atoms. The van der Waals surface area contributed by atoms with E-state index in [1.54, 1.807) is 24.3 Å². The topological polar surface area (TPSA) is 91.3 Å². The Morgan fingerprint density at radius 1 is 1.03 bits per heavy atom. The Morgan fingerprint density at radius 2 is 1.79 bits per heavy atom. The van der Waals surface area contributed by atoms with E-state index in [4.69, 9.17) is 19.0 Å². The van der Waals surface area contributed by atoms with E-state index >= 15 is 0 Å². The van der Waals surface area contributed by atoms with Crippen LogP contribution in [0.2, 0.25) is 0 Å². The van der Waals surface area contributed by atoms with Crippen molar-refractivity contribution in [2.45, 2.75) is 20.0 Å². The van der Waals surface area contributed by atoms with Gasteiger partial charge in [0.25, 0.3) is 5.91 Å². The molecule has 0 radical (unpaired) electrons. The van der Waals surface area contributed by atoms with Gasteiger partial charge in [-0.05, 0) is 12.0 Å². The van der Waals surface area contributed by atoms with Crippen molar-refractivity contribution >= 4 is 11.6 Å². The third kappa shape index (κ3) is 7.08. The van der Waals surface area contributed by atoms with Gasteiger partial charge in [-0.15, -0.1) is 0 Å². The Labute approximate surface area is 170 Å². The molecule has 0 aliphatic rings.